The highest BCUT2D eigenvalue weighted by atomic mass is 16.5. The van der Waals surface area contributed by atoms with Crippen molar-refractivity contribution in [1.29, 1.82) is 0 Å². The number of carbonyl (C=O) groups excluding carboxylic acids is 1. The largest absolute Gasteiger partial charge is 0.483 e. The van der Waals surface area contributed by atoms with E-state index in [1.54, 1.807) is 7.05 Å². The van der Waals surface area contributed by atoms with Gasteiger partial charge in [-0.1, -0.05) is 24.6 Å². The number of ether oxygens (including phenoxy) is 1. The maximum Gasteiger partial charge on any atom is 0.257 e. The van der Waals surface area contributed by atoms with Crippen LogP contribution < -0.4 is 15.4 Å². The monoisotopic (exact) mass is 264 g/mol. The number of nitrogens with one attached hydrogen (secondary N) is 2. The molecular weight excluding hydrogens is 240 g/mol. The minimum Gasteiger partial charge on any atom is -0.483 e. The Morgan fingerprint density at radius 2 is 2.16 bits per heavy atom. The Bertz CT molecular complexity index is 419. The molecule has 19 heavy (non-hydrogen) atoms. The molecule has 0 aromatic heterocycles. The topological polar surface area (TPSA) is 50.4 Å². The quantitative estimate of drug-likeness (QED) is 0.793. The Morgan fingerprint density at radius 1 is 1.42 bits per heavy atom. The molecule has 4 heteroatoms. The molecule has 4 nitrogen and oxygen atoms in total. The van der Waals surface area contributed by atoms with E-state index in [2.05, 4.69) is 37.5 Å². The lowest BCUT2D eigenvalue weighted by Crippen LogP contribution is -2.26. The summed E-state index contributed by atoms with van der Waals surface area (Å²) in [6, 6.07) is 6.24. The zero-order valence-corrected chi connectivity index (χ0v) is 12.2. The van der Waals surface area contributed by atoms with E-state index in [1.165, 1.54) is 5.56 Å². The SMILES string of the molecule is CCCNC(C)c1cc(C)ccc1OCC(=O)NC. The molecule has 1 atom stereocenters. The van der Waals surface area contributed by atoms with Gasteiger partial charge in [0.2, 0.25) is 0 Å². The molecule has 1 aromatic carbocycles. The van der Waals surface area contributed by atoms with E-state index in [4.69, 9.17) is 4.74 Å². The van der Waals surface area contributed by atoms with Gasteiger partial charge in [0, 0.05) is 18.7 Å². The molecule has 0 aliphatic heterocycles. The molecule has 0 aliphatic rings. The van der Waals surface area contributed by atoms with Crippen LogP contribution in [0.5, 0.6) is 5.75 Å². The van der Waals surface area contributed by atoms with Gasteiger partial charge in [0.05, 0.1) is 0 Å². The van der Waals surface area contributed by atoms with Gasteiger partial charge in [-0.15, -0.1) is 0 Å². The van der Waals surface area contributed by atoms with Gasteiger partial charge in [0.1, 0.15) is 5.75 Å². The fourth-order valence-electron chi connectivity index (χ4n) is 1.82. The van der Waals surface area contributed by atoms with Gasteiger partial charge in [0.25, 0.3) is 5.91 Å². The van der Waals surface area contributed by atoms with Crippen molar-refractivity contribution in [2.75, 3.05) is 20.2 Å². The highest BCUT2D eigenvalue weighted by Crippen LogP contribution is 2.26. The highest BCUT2D eigenvalue weighted by Gasteiger charge is 2.12. The predicted molar refractivity (Wildman–Crippen MR) is 77.4 cm³/mol. The van der Waals surface area contributed by atoms with E-state index in [1.807, 2.05) is 12.1 Å². The Hall–Kier alpha value is -1.55. The fourth-order valence-corrected chi connectivity index (χ4v) is 1.82. The minimum atomic E-state index is -0.124. The van der Waals surface area contributed by atoms with Crippen LogP contribution in [0.15, 0.2) is 18.2 Å². The van der Waals surface area contributed by atoms with Crippen molar-refractivity contribution < 1.29 is 9.53 Å². The molecule has 0 spiro atoms. The second-order valence-corrected chi connectivity index (χ2v) is 4.68. The number of carbonyl (C=O) groups is 1. The molecule has 1 amide bonds. The number of aryl methyl sites for hydroxylation is 1. The lowest BCUT2D eigenvalue weighted by Gasteiger charge is -2.18. The van der Waals surface area contributed by atoms with Crippen LogP contribution in [0.25, 0.3) is 0 Å². The zero-order chi connectivity index (χ0) is 14.3. The van der Waals surface area contributed by atoms with Gasteiger partial charge in [-0.2, -0.15) is 0 Å². The first-order valence-corrected chi connectivity index (χ1v) is 6.75. The number of amides is 1. The summed E-state index contributed by atoms with van der Waals surface area (Å²) in [4.78, 5) is 11.3. The fraction of sp³-hybridized carbons (Fsp3) is 0.533. The molecule has 0 bridgehead atoms. The van der Waals surface area contributed by atoms with Crippen molar-refractivity contribution >= 4 is 5.91 Å². The summed E-state index contributed by atoms with van der Waals surface area (Å²) in [6.07, 6.45) is 1.09. The van der Waals surface area contributed by atoms with Crippen molar-refractivity contribution in [3.63, 3.8) is 0 Å². The van der Waals surface area contributed by atoms with E-state index in [9.17, 15) is 4.79 Å². The zero-order valence-electron chi connectivity index (χ0n) is 12.2. The smallest absolute Gasteiger partial charge is 0.257 e. The molecule has 0 saturated heterocycles. The number of rotatable bonds is 7. The average Bonchev–Trinajstić information content (AvgIpc) is 2.42. The third-order valence-electron chi connectivity index (χ3n) is 2.97. The summed E-state index contributed by atoms with van der Waals surface area (Å²) in [7, 11) is 1.60. The summed E-state index contributed by atoms with van der Waals surface area (Å²) in [5.74, 6) is 0.644. The molecule has 106 valence electrons. The maximum absolute atomic E-state index is 11.3. The van der Waals surface area contributed by atoms with Gasteiger partial charge in [-0.05, 0) is 32.9 Å². The first kappa shape index (κ1) is 15.5. The van der Waals surface area contributed by atoms with Crippen LogP contribution in [0.3, 0.4) is 0 Å². The van der Waals surface area contributed by atoms with Gasteiger partial charge in [-0.25, -0.2) is 0 Å². The standard InChI is InChI=1S/C15H24N2O2/c1-5-8-17-12(3)13-9-11(2)6-7-14(13)19-10-15(18)16-4/h6-7,9,12,17H,5,8,10H2,1-4H3,(H,16,18). The molecule has 1 unspecified atom stereocenters. The number of likely N-dealkylation sites (N-methyl/N-ethyl adjacent to an activating group) is 1. The second-order valence-electron chi connectivity index (χ2n) is 4.68. The first-order valence-electron chi connectivity index (χ1n) is 6.75. The predicted octanol–water partition coefficient (Wildman–Crippen LogP) is 2.18. The molecule has 0 fully saturated rings. The second kappa shape index (κ2) is 7.79. The van der Waals surface area contributed by atoms with Crippen LogP contribution >= 0.6 is 0 Å². The van der Waals surface area contributed by atoms with Crippen LogP contribution in [0.1, 0.15) is 37.4 Å². The molecule has 0 aliphatic carbocycles. The summed E-state index contributed by atoms with van der Waals surface area (Å²) in [6.45, 7) is 7.31. The number of hydrogen-bond acceptors (Lipinski definition) is 3. The van der Waals surface area contributed by atoms with E-state index in [0.717, 1.165) is 24.3 Å². The number of hydrogen-bond donors (Lipinski definition) is 2. The van der Waals surface area contributed by atoms with Gasteiger partial charge in [0.15, 0.2) is 6.61 Å². The molecule has 1 aromatic rings. The average molecular weight is 264 g/mol. The van der Waals surface area contributed by atoms with E-state index >= 15 is 0 Å². The van der Waals surface area contributed by atoms with Crippen LogP contribution in [-0.2, 0) is 4.79 Å². The Morgan fingerprint density at radius 3 is 2.79 bits per heavy atom. The molecule has 1 rings (SSSR count). The third kappa shape index (κ3) is 4.91. The highest BCUT2D eigenvalue weighted by molar-refractivity contribution is 5.77. The normalized spacial score (nSPS) is 12.0. The van der Waals surface area contributed by atoms with Gasteiger partial charge >= 0.3 is 0 Å². The lowest BCUT2D eigenvalue weighted by atomic mass is 10.0. The number of benzene rings is 1. The van der Waals surface area contributed by atoms with Gasteiger partial charge in [-0.3, -0.25) is 4.79 Å². The maximum atomic E-state index is 11.3. The molecular formula is C15H24N2O2. The van der Waals surface area contributed by atoms with Crippen molar-refractivity contribution in [2.45, 2.75) is 33.2 Å². The van der Waals surface area contributed by atoms with Crippen LogP contribution in [-0.4, -0.2) is 26.1 Å². The summed E-state index contributed by atoms with van der Waals surface area (Å²) in [5.41, 5.74) is 2.28. The van der Waals surface area contributed by atoms with E-state index < -0.39 is 0 Å². The Kier molecular flexibility index (Phi) is 6.36. The summed E-state index contributed by atoms with van der Waals surface area (Å²) in [5, 5.41) is 5.99. The molecule has 2 N–H and O–H groups in total. The molecule has 0 saturated carbocycles. The Balaban J connectivity index is 2.81. The van der Waals surface area contributed by atoms with Crippen LogP contribution in [0, 0.1) is 6.92 Å². The molecule has 0 radical (unpaired) electrons. The molecule has 0 heterocycles. The van der Waals surface area contributed by atoms with Crippen LogP contribution in [0.2, 0.25) is 0 Å². The van der Waals surface area contributed by atoms with Crippen molar-refractivity contribution in [1.82, 2.24) is 10.6 Å². The van der Waals surface area contributed by atoms with Crippen molar-refractivity contribution in [3.8, 4) is 5.75 Å². The van der Waals surface area contributed by atoms with E-state index in [0.29, 0.717) is 0 Å². The van der Waals surface area contributed by atoms with Crippen LogP contribution in [0.4, 0.5) is 0 Å². The third-order valence-corrected chi connectivity index (χ3v) is 2.97. The Labute approximate surface area is 115 Å². The minimum absolute atomic E-state index is 0.0487. The van der Waals surface area contributed by atoms with Crippen molar-refractivity contribution in [2.24, 2.45) is 0 Å². The first-order chi connectivity index (χ1) is 9.08. The van der Waals surface area contributed by atoms with Gasteiger partial charge < -0.3 is 15.4 Å². The summed E-state index contributed by atoms with van der Waals surface area (Å²) < 4.78 is 5.59. The lowest BCUT2D eigenvalue weighted by molar-refractivity contribution is -0.122. The van der Waals surface area contributed by atoms with Crippen molar-refractivity contribution in [3.05, 3.63) is 29.3 Å². The summed E-state index contributed by atoms with van der Waals surface area (Å²) >= 11 is 0. The van der Waals surface area contributed by atoms with E-state index in [-0.39, 0.29) is 18.6 Å².